The first-order chi connectivity index (χ1) is 11.1. The van der Waals surface area contributed by atoms with Gasteiger partial charge in [0.15, 0.2) is 11.5 Å². The smallest absolute Gasteiger partial charge is 0.274 e. The fourth-order valence-electron chi connectivity index (χ4n) is 1.87. The molecule has 0 aliphatic rings. The fraction of sp³-hybridized carbons (Fsp3) is 0.235. The van der Waals surface area contributed by atoms with Crippen molar-refractivity contribution in [1.29, 1.82) is 0 Å². The lowest BCUT2D eigenvalue weighted by atomic mass is 10.2. The summed E-state index contributed by atoms with van der Waals surface area (Å²) in [4.78, 5) is 16.8. The zero-order chi connectivity index (χ0) is 16.7. The van der Waals surface area contributed by atoms with Crippen LogP contribution in [-0.2, 0) is 11.4 Å². The first-order valence-corrected chi connectivity index (χ1v) is 7.90. The lowest BCUT2D eigenvalue weighted by Gasteiger charge is -2.12. The molecule has 0 aliphatic heterocycles. The number of amides is 1. The summed E-state index contributed by atoms with van der Waals surface area (Å²) in [6, 6.07) is 12.8. The first-order valence-electron chi connectivity index (χ1n) is 7.11. The number of halogens is 1. The molecule has 0 aliphatic carbocycles. The molecule has 0 unspecified atom stereocenters. The molecular weight excluding hydrogens is 362 g/mol. The third-order valence-corrected chi connectivity index (χ3v) is 3.57. The minimum Gasteiger partial charge on any atom is -0.493 e. The van der Waals surface area contributed by atoms with Gasteiger partial charge in [0.1, 0.15) is 6.61 Å². The monoisotopic (exact) mass is 379 g/mol. The summed E-state index contributed by atoms with van der Waals surface area (Å²) in [6.45, 7) is 2.60. The number of hydrogen-bond donors (Lipinski definition) is 1. The normalized spacial score (nSPS) is 10.2. The molecule has 1 amide bonds. The Morgan fingerprint density at radius 3 is 2.52 bits per heavy atom. The fourth-order valence-corrected chi connectivity index (χ4v) is 2.13. The van der Waals surface area contributed by atoms with E-state index in [4.69, 9.17) is 14.3 Å². The summed E-state index contributed by atoms with van der Waals surface area (Å²) >= 11 is 3.39. The predicted molar refractivity (Wildman–Crippen MR) is 90.6 cm³/mol. The summed E-state index contributed by atoms with van der Waals surface area (Å²) in [7, 11) is 1.53. The summed E-state index contributed by atoms with van der Waals surface area (Å²) in [5, 5.41) is 0. The SMILES string of the molecule is CCONC(=O)c1ccc(OCc2ccc(Br)cc2)c(OC)c1. The molecule has 0 atom stereocenters. The van der Waals surface area contributed by atoms with Crippen molar-refractivity contribution in [2.24, 2.45) is 0 Å². The third-order valence-electron chi connectivity index (χ3n) is 3.04. The molecule has 2 rings (SSSR count). The molecule has 2 aromatic rings. The Kier molecular flexibility index (Phi) is 6.43. The van der Waals surface area contributed by atoms with Crippen LogP contribution in [0.5, 0.6) is 11.5 Å². The van der Waals surface area contributed by atoms with Crippen LogP contribution in [-0.4, -0.2) is 19.6 Å². The zero-order valence-corrected chi connectivity index (χ0v) is 14.6. The Labute approximate surface area is 143 Å². The van der Waals surface area contributed by atoms with Crippen LogP contribution < -0.4 is 15.0 Å². The summed E-state index contributed by atoms with van der Waals surface area (Å²) in [6.07, 6.45) is 0. The highest BCUT2D eigenvalue weighted by molar-refractivity contribution is 9.10. The predicted octanol–water partition coefficient (Wildman–Crippen LogP) is 3.72. The zero-order valence-electron chi connectivity index (χ0n) is 13.0. The van der Waals surface area contributed by atoms with E-state index in [1.165, 1.54) is 7.11 Å². The maximum Gasteiger partial charge on any atom is 0.274 e. The van der Waals surface area contributed by atoms with Gasteiger partial charge in [-0.1, -0.05) is 28.1 Å². The van der Waals surface area contributed by atoms with Crippen LogP contribution in [0.2, 0.25) is 0 Å². The van der Waals surface area contributed by atoms with Gasteiger partial charge < -0.3 is 9.47 Å². The molecule has 0 spiro atoms. The topological polar surface area (TPSA) is 56.8 Å². The lowest BCUT2D eigenvalue weighted by Crippen LogP contribution is -2.23. The number of rotatable bonds is 7. The van der Waals surface area contributed by atoms with Crippen molar-refractivity contribution in [2.75, 3.05) is 13.7 Å². The largest absolute Gasteiger partial charge is 0.493 e. The number of methoxy groups -OCH3 is 1. The van der Waals surface area contributed by atoms with Crippen LogP contribution in [0.3, 0.4) is 0 Å². The molecule has 0 radical (unpaired) electrons. The summed E-state index contributed by atoms with van der Waals surface area (Å²) in [5.74, 6) is 0.735. The van der Waals surface area contributed by atoms with E-state index >= 15 is 0 Å². The highest BCUT2D eigenvalue weighted by Gasteiger charge is 2.11. The molecule has 0 aromatic heterocycles. The maximum absolute atomic E-state index is 11.9. The van der Waals surface area contributed by atoms with Crippen LogP contribution >= 0.6 is 15.9 Å². The molecule has 0 bridgehead atoms. The molecular formula is C17H18BrNO4. The second-order valence-corrected chi connectivity index (χ2v) is 5.56. The van der Waals surface area contributed by atoms with Crippen molar-refractivity contribution in [3.63, 3.8) is 0 Å². The number of carbonyl (C=O) groups excluding carboxylic acids is 1. The Hall–Kier alpha value is -2.05. The minimum atomic E-state index is -0.329. The van der Waals surface area contributed by atoms with Crippen LogP contribution in [0.1, 0.15) is 22.8 Å². The average Bonchev–Trinajstić information content (AvgIpc) is 2.59. The second-order valence-electron chi connectivity index (χ2n) is 4.64. The standard InChI is InChI=1S/C17H18BrNO4/c1-3-23-19-17(20)13-6-9-15(16(10-13)21-2)22-11-12-4-7-14(18)8-5-12/h4-10H,3,11H2,1-2H3,(H,19,20). The van der Waals surface area contributed by atoms with E-state index in [-0.39, 0.29) is 5.91 Å². The highest BCUT2D eigenvalue weighted by atomic mass is 79.9. The number of carbonyl (C=O) groups is 1. The van der Waals surface area contributed by atoms with Gasteiger partial charge in [-0.15, -0.1) is 0 Å². The van der Waals surface area contributed by atoms with Crippen LogP contribution in [0.15, 0.2) is 46.9 Å². The minimum absolute atomic E-state index is 0.329. The summed E-state index contributed by atoms with van der Waals surface area (Å²) in [5.41, 5.74) is 3.81. The van der Waals surface area contributed by atoms with Gasteiger partial charge >= 0.3 is 0 Å². The van der Waals surface area contributed by atoms with Crippen molar-refractivity contribution in [2.45, 2.75) is 13.5 Å². The third kappa shape index (κ3) is 4.97. The molecule has 122 valence electrons. The van der Waals surface area contributed by atoms with E-state index in [0.29, 0.717) is 30.3 Å². The molecule has 6 heteroatoms. The molecule has 0 saturated heterocycles. The van der Waals surface area contributed by atoms with Crippen LogP contribution in [0.25, 0.3) is 0 Å². The van der Waals surface area contributed by atoms with Crippen molar-refractivity contribution >= 4 is 21.8 Å². The van der Waals surface area contributed by atoms with Crippen molar-refractivity contribution in [3.05, 3.63) is 58.1 Å². The molecule has 0 fully saturated rings. The van der Waals surface area contributed by atoms with Crippen molar-refractivity contribution in [1.82, 2.24) is 5.48 Å². The molecule has 0 saturated carbocycles. The average molecular weight is 380 g/mol. The van der Waals surface area contributed by atoms with E-state index in [1.54, 1.807) is 25.1 Å². The number of hydrogen-bond acceptors (Lipinski definition) is 4. The Bertz CT molecular complexity index is 658. The van der Waals surface area contributed by atoms with Gasteiger partial charge in [-0.05, 0) is 42.8 Å². The maximum atomic E-state index is 11.9. The lowest BCUT2D eigenvalue weighted by molar-refractivity contribution is 0.0364. The van der Waals surface area contributed by atoms with E-state index in [2.05, 4.69) is 21.4 Å². The van der Waals surface area contributed by atoms with Gasteiger partial charge in [0.2, 0.25) is 0 Å². The van der Waals surface area contributed by atoms with Crippen LogP contribution in [0, 0.1) is 0 Å². The number of ether oxygens (including phenoxy) is 2. The molecule has 23 heavy (non-hydrogen) atoms. The van der Waals surface area contributed by atoms with Crippen molar-refractivity contribution < 1.29 is 19.1 Å². The first kappa shape index (κ1) is 17.3. The Morgan fingerprint density at radius 1 is 1.13 bits per heavy atom. The Balaban J connectivity index is 2.07. The quantitative estimate of drug-likeness (QED) is 0.744. The Morgan fingerprint density at radius 2 is 1.87 bits per heavy atom. The molecule has 0 heterocycles. The van der Waals surface area contributed by atoms with Crippen LogP contribution in [0.4, 0.5) is 0 Å². The molecule has 1 N–H and O–H groups in total. The number of hydroxylamine groups is 1. The number of benzene rings is 2. The van der Waals surface area contributed by atoms with Gasteiger partial charge in [-0.2, -0.15) is 0 Å². The molecule has 5 nitrogen and oxygen atoms in total. The van der Waals surface area contributed by atoms with Gasteiger partial charge in [0.05, 0.1) is 13.7 Å². The van der Waals surface area contributed by atoms with Gasteiger partial charge in [0.25, 0.3) is 5.91 Å². The van der Waals surface area contributed by atoms with Crippen molar-refractivity contribution in [3.8, 4) is 11.5 Å². The second kappa shape index (κ2) is 8.55. The van der Waals surface area contributed by atoms with E-state index in [1.807, 2.05) is 24.3 Å². The van der Waals surface area contributed by atoms with E-state index in [0.717, 1.165) is 10.0 Å². The van der Waals surface area contributed by atoms with E-state index < -0.39 is 0 Å². The van der Waals surface area contributed by atoms with Gasteiger partial charge in [0, 0.05) is 10.0 Å². The summed E-state index contributed by atoms with van der Waals surface area (Å²) < 4.78 is 12.1. The van der Waals surface area contributed by atoms with Gasteiger partial charge in [-0.25, -0.2) is 5.48 Å². The van der Waals surface area contributed by atoms with Gasteiger partial charge in [-0.3, -0.25) is 9.63 Å². The molecule has 2 aromatic carbocycles. The van der Waals surface area contributed by atoms with E-state index in [9.17, 15) is 4.79 Å². The highest BCUT2D eigenvalue weighted by Crippen LogP contribution is 2.29. The number of nitrogens with one attached hydrogen (secondary N) is 1.